The molecule has 68 valence electrons. The van der Waals surface area contributed by atoms with Crippen molar-refractivity contribution in [1.82, 2.24) is 9.78 Å². The lowest BCUT2D eigenvalue weighted by molar-refractivity contribution is 0.282. The SMILES string of the molecule is CC(C)Cn1ncc(CO)c1N. The van der Waals surface area contributed by atoms with Gasteiger partial charge in [-0.3, -0.25) is 0 Å². The Morgan fingerprint density at radius 1 is 1.67 bits per heavy atom. The van der Waals surface area contributed by atoms with Crippen LogP contribution in [-0.4, -0.2) is 14.9 Å². The Morgan fingerprint density at radius 3 is 2.75 bits per heavy atom. The fraction of sp³-hybridized carbons (Fsp3) is 0.625. The minimum atomic E-state index is -0.0378. The van der Waals surface area contributed by atoms with Gasteiger partial charge in [0.2, 0.25) is 0 Å². The minimum absolute atomic E-state index is 0.0378. The van der Waals surface area contributed by atoms with E-state index in [9.17, 15) is 0 Å². The third-order valence-corrected chi connectivity index (χ3v) is 1.67. The van der Waals surface area contributed by atoms with Gasteiger partial charge >= 0.3 is 0 Å². The van der Waals surface area contributed by atoms with Gasteiger partial charge in [-0.2, -0.15) is 5.10 Å². The smallest absolute Gasteiger partial charge is 0.127 e. The maximum absolute atomic E-state index is 8.83. The molecule has 0 aliphatic heterocycles. The molecule has 0 aliphatic carbocycles. The summed E-state index contributed by atoms with van der Waals surface area (Å²) in [6.07, 6.45) is 1.61. The summed E-state index contributed by atoms with van der Waals surface area (Å²) in [4.78, 5) is 0. The molecule has 0 fully saturated rings. The number of anilines is 1. The Balaban J connectivity index is 2.80. The Bertz CT molecular complexity index is 255. The molecule has 0 atom stereocenters. The number of hydrogen-bond donors (Lipinski definition) is 2. The molecule has 0 aliphatic rings. The van der Waals surface area contributed by atoms with Crippen molar-refractivity contribution >= 4 is 5.82 Å². The van der Waals surface area contributed by atoms with Crippen molar-refractivity contribution in [3.05, 3.63) is 11.8 Å². The summed E-state index contributed by atoms with van der Waals surface area (Å²) in [7, 11) is 0. The van der Waals surface area contributed by atoms with Gasteiger partial charge in [0, 0.05) is 12.1 Å². The lowest BCUT2D eigenvalue weighted by Gasteiger charge is -2.06. The molecule has 4 nitrogen and oxygen atoms in total. The van der Waals surface area contributed by atoms with Crippen LogP contribution in [0.5, 0.6) is 0 Å². The summed E-state index contributed by atoms with van der Waals surface area (Å²) in [6, 6.07) is 0. The molecule has 1 rings (SSSR count). The highest BCUT2D eigenvalue weighted by Gasteiger charge is 2.06. The maximum Gasteiger partial charge on any atom is 0.127 e. The Hall–Kier alpha value is -1.03. The largest absolute Gasteiger partial charge is 0.391 e. The summed E-state index contributed by atoms with van der Waals surface area (Å²) in [5.41, 5.74) is 6.41. The summed E-state index contributed by atoms with van der Waals surface area (Å²) in [6.45, 7) is 4.95. The summed E-state index contributed by atoms with van der Waals surface area (Å²) in [5.74, 6) is 1.09. The Kier molecular flexibility index (Phi) is 2.70. The molecule has 0 saturated carbocycles. The molecule has 0 amide bonds. The molecule has 0 saturated heterocycles. The van der Waals surface area contributed by atoms with Crippen LogP contribution in [-0.2, 0) is 13.2 Å². The van der Waals surface area contributed by atoms with Crippen molar-refractivity contribution in [2.75, 3.05) is 5.73 Å². The number of nitrogens with two attached hydrogens (primary N) is 1. The van der Waals surface area contributed by atoms with Crippen LogP contribution in [0.25, 0.3) is 0 Å². The first-order valence-electron chi connectivity index (χ1n) is 4.06. The molecular formula is C8H15N3O. The van der Waals surface area contributed by atoms with Crippen LogP contribution >= 0.6 is 0 Å². The van der Waals surface area contributed by atoms with Crippen LogP contribution < -0.4 is 5.73 Å². The van der Waals surface area contributed by atoms with Crippen LogP contribution in [0.3, 0.4) is 0 Å². The van der Waals surface area contributed by atoms with E-state index >= 15 is 0 Å². The predicted octanol–water partition coefficient (Wildman–Crippen LogP) is 0.614. The number of aliphatic hydroxyl groups is 1. The molecule has 0 bridgehead atoms. The van der Waals surface area contributed by atoms with E-state index in [1.165, 1.54) is 0 Å². The van der Waals surface area contributed by atoms with Gasteiger partial charge in [0.05, 0.1) is 12.8 Å². The molecule has 12 heavy (non-hydrogen) atoms. The normalized spacial score (nSPS) is 11.0. The van der Waals surface area contributed by atoms with Gasteiger partial charge in [-0.05, 0) is 5.92 Å². The van der Waals surface area contributed by atoms with Gasteiger partial charge < -0.3 is 10.8 Å². The van der Waals surface area contributed by atoms with Crippen LogP contribution in [0.1, 0.15) is 19.4 Å². The van der Waals surface area contributed by atoms with Crippen molar-refractivity contribution in [2.24, 2.45) is 5.92 Å². The van der Waals surface area contributed by atoms with Crippen molar-refractivity contribution in [2.45, 2.75) is 27.0 Å². The third kappa shape index (κ3) is 1.76. The average molecular weight is 169 g/mol. The van der Waals surface area contributed by atoms with E-state index in [4.69, 9.17) is 10.8 Å². The second kappa shape index (κ2) is 3.58. The average Bonchev–Trinajstić information content (AvgIpc) is 2.32. The second-order valence-electron chi connectivity index (χ2n) is 3.29. The highest BCUT2D eigenvalue weighted by atomic mass is 16.3. The molecule has 1 aromatic heterocycles. The lowest BCUT2D eigenvalue weighted by atomic mass is 10.2. The fourth-order valence-corrected chi connectivity index (χ4v) is 1.05. The van der Waals surface area contributed by atoms with Crippen molar-refractivity contribution in [3.8, 4) is 0 Å². The first kappa shape index (κ1) is 9.06. The second-order valence-corrected chi connectivity index (χ2v) is 3.29. The minimum Gasteiger partial charge on any atom is -0.391 e. The van der Waals surface area contributed by atoms with Crippen molar-refractivity contribution < 1.29 is 5.11 Å². The quantitative estimate of drug-likeness (QED) is 0.697. The van der Waals surface area contributed by atoms with Crippen LogP contribution in [0, 0.1) is 5.92 Å². The molecule has 0 radical (unpaired) electrons. The van der Waals surface area contributed by atoms with E-state index < -0.39 is 0 Å². The molecule has 4 heteroatoms. The Labute approximate surface area is 72.0 Å². The number of aromatic nitrogens is 2. The number of hydrogen-bond acceptors (Lipinski definition) is 3. The standard InChI is InChI=1S/C8H15N3O/c1-6(2)4-11-8(9)7(5-12)3-10-11/h3,6,12H,4-5,9H2,1-2H3. The number of aliphatic hydroxyl groups excluding tert-OH is 1. The molecule has 1 heterocycles. The van der Waals surface area contributed by atoms with Gasteiger partial charge in [0.15, 0.2) is 0 Å². The zero-order valence-corrected chi connectivity index (χ0v) is 7.49. The molecule has 0 aromatic carbocycles. The maximum atomic E-state index is 8.83. The number of nitrogen functional groups attached to an aromatic ring is 1. The zero-order chi connectivity index (χ0) is 9.14. The molecule has 1 aromatic rings. The van der Waals surface area contributed by atoms with E-state index in [0.29, 0.717) is 17.3 Å². The number of rotatable bonds is 3. The van der Waals surface area contributed by atoms with Gasteiger partial charge in [-0.15, -0.1) is 0 Å². The lowest BCUT2D eigenvalue weighted by Crippen LogP contribution is -2.09. The monoisotopic (exact) mass is 169 g/mol. The van der Waals surface area contributed by atoms with E-state index in [2.05, 4.69) is 18.9 Å². The van der Waals surface area contributed by atoms with E-state index in [0.717, 1.165) is 6.54 Å². The first-order chi connectivity index (χ1) is 5.65. The van der Waals surface area contributed by atoms with Crippen LogP contribution in [0.4, 0.5) is 5.82 Å². The Morgan fingerprint density at radius 2 is 2.33 bits per heavy atom. The third-order valence-electron chi connectivity index (χ3n) is 1.67. The highest BCUT2D eigenvalue weighted by molar-refractivity contribution is 5.37. The highest BCUT2D eigenvalue weighted by Crippen LogP contribution is 2.12. The molecule has 0 unspecified atom stereocenters. The first-order valence-corrected chi connectivity index (χ1v) is 4.06. The van der Waals surface area contributed by atoms with Gasteiger partial charge in [0.1, 0.15) is 5.82 Å². The fourth-order valence-electron chi connectivity index (χ4n) is 1.05. The van der Waals surface area contributed by atoms with Crippen molar-refractivity contribution in [1.29, 1.82) is 0 Å². The molecular weight excluding hydrogens is 154 g/mol. The topological polar surface area (TPSA) is 64.1 Å². The summed E-state index contributed by atoms with van der Waals surface area (Å²) in [5, 5.41) is 12.9. The van der Waals surface area contributed by atoms with Crippen LogP contribution in [0.15, 0.2) is 6.20 Å². The van der Waals surface area contributed by atoms with Crippen LogP contribution in [0.2, 0.25) is 0 Å². The van der Waals surface area contributed by atoms with E-state index in [1.54, 1.807) is 10.9 Å². The number of nitrogens with zero attached hydrogens (tertiary/aromatic N) is 2. The zero-order valence-electron chi connectivity index (χ0n) is 7.49. The van der Waals surface area contributed by atoms with Crippen molar-refractivity contribution in [3.63, 3.8) is 0 Å². The summed E-state index contributed by atoms with van der Waals surface area (Å²) >= 11 is 0. The molecule has 3 N–H and O–H groups in total. The predicted molar refractivity (Wildman–Crippen MR) is 47.4 cm³/mol. The molecule has 0 spiro atoms. The van der Waals surface area contributed by atoms with Gasteiger partial charge in [0.25, 0.3) is 0 Å². The van der Waals surface area contributed by atoms with Gasteiger partial charge in [-0.25, -0.2) is 4.68 Å². The van der Waals surface area contributed by atoms with E-state index in [1.807, 2.05) is 0 Å². The van der Waals surface area contributed by atoms with Gasteiger partial charge in [-0.1, -0.05) is 13.8 Å². The summed E-state index contributed by atoms with van der Waals surface area (Å²) < 4.78 is 1.72. The van der Waals surface area contributed by atoms with E-state index in [-0.39, 0.29) is 6.61 Å².